The molecule has 9 heteroatoms. The van der Waals surface area contributed by atoms with Crippen LogP contribution in [-0.4, -0.2) is 46.0 Å². The van der Waals surface area contributed by atoms with Gasteiger partial charge in [-0.25, -0.2) is 0 Å². The molecule has 12 rings (SSSR count). The molecule has 470 valence electrons. The van der Waals surface area contributed by atoms with Gasteiger partial charge in [-0.1, -0.05) is 138 Å². The number of allylic oxidation sites excluding steroid dienone is 12. The molecule has 0 bridgehead atoms. The molecular weight excluding hydrogens is 1270 g/mol. The molecule has 4 aliphatic carbocycles. The summed E-state index contributed by atoms with van der Waals surface area (Å²) in [5.74, 6) is 4.79. The second-order valence-corrected chi connectivity index (χ2v) is 34.5. The number of hydrogen-bond acceptors (Lipinski definition) is 4. The molecule has 0 radical (unpaired) electrons. The third-order valence-electron chi connectivity index (χ3n) is 19.6. The first-order valence-electron chi connectivity index (χ1n) is 31.9. The van der Waals surface area contributed by atoms with Crippen molar-refractivity contribution in [1.29, 1.82) is 0 Å². The Morgan fingerprint density at radius 2 is 0.484 bits per heavy atom. The van der Waals surface area contributed by atoms with E-state index in [0.717, 1.165) is 23.0 Å². The van der Waals surface area contributed by atoms with Gasteiger partial charge in [0.2, 0.25) is 0 Å². The van der Waals surface area contributed by atoms with Crippen molar-refractivity contribution in [3.8, 4) is 23.0 Å². The maximum atomic E-state index is 5.69. The van der Waals surface area contributed by atoms with Crippen LogP contribution in [0.4, 0.5) is 0 Å². The molecule has 91 heavy (non-hydrogen) atoms. The third-order valence-corrected chi connectivity index (χ3v) is 26.1. The number of benzene rings is 4. The van der Waals surface area contributed by atoms with E-state index in [9.17, 15) is 0 Å². The van der Waals surface area contributed by atoms with Crippen LogP contribution in [-0.2, 0) is 20.8 Å². The van der Waals surface area contributed by atoms with Gasteiger partial charge in [-0.2, -0.15) is 68.8 Å². The van der Waals surface area contributed by atoms with Gasteiger partial charge in [0.15, 0.2) is 0 Å². The molecule has 0 spiro atoms. The van der Waals surface area contributed by atoms with Crippen LogP contribution in [0.2, 0.25) is 13.1 Å². The molecule has 4 aliphatic rings. The van der Waals surface area contributed by atoms with Crippen LogP contribution in [0.25, 0.3) is 24.3 Å². The zero-order valence-electron chi connectivity index (χ0n) is 56.5. The van der Waals surface area contributed by atoms with Crippen molar-refractivity contribution in [2.24, 2.45) is 0 Å². The fraction of sp³-hybridized carbons (Fsp3) is 0.268. The van der Waals surface area contributed by atoms with Crippen molar-refractivity contribution >= 4 is 79.7 Å². The molecule has 4 unspecified atom stereocenters. The molecule has 0 saturated carbocycles. The van der Waals surface area contributed by atoms with Gasteiger partial charge < -0.3 is 18.9 Å². The first-order valence-corrected chi connectivity index (χ1v) is 42.8. The Balaban J connectivity index is 0.000000192. The van der Waals surface area contributed by atoms with E-state index < -0.39 is 38.4 Å². The van der Waals surface area contributed by atoms with Crippen LogP contribution in [0.1, 0.15) is 157 Å². The van der Waals surface area contributed by atoms with Gasteiger partial charge in [0.1, 0.15) is 23.0 Å². The van der Waals surface area contributed by atoms with Crippen LogP contribution in [0.5, 0.6) is 23.0 Å². The minimum absolute atomic E-state index is 0.213. The monoisotopic (exact) mass is 1350 g/mol. The molecule has 0 aromatic heterocycles. The van der Waals surface area contributed by atoms with Crippen LogP contribution in [0, 0.1) is 83.1 Å². The van der Waals surface area contributed by atoms with Crippen LogP contribution in [0.15, 0.2) is 146 Å². The molecule has 8 aromatic rings. The first kappa shape index (κ1) is 67.2. The van der Waals surface area contributed by atoms with Crippen molar-refractivity contribution < 1.29 is 39.8 Å². The summed E-state index contributed by atoms with van der Waals surface area (Å²) in [5, 5.41) is 6.28. The van der Waals surface area contributed by atoms with Gasteiger partial charge in [0, 0.05) is 17.6 Å². The fourth-order valence-corrected chi connectivity index (χ4v) is 22.8. The predicted molar refractivity (Wildman–Crippen MR) is 393 cm³/mol. The Morgan fingerprint density at radius 3 is 0.648 bits per heavy atom. The first-order chi connectivity index (χ1) is 43.7. The molecule has 0 aliphatic heterocycles. The zero-order valence-corrected chi connectivity index (χ0v) is 62.8. The maximum absolute atomic E-state index is 5.69. The van der Waals surface area contributed by atoms with E-state index >= 15 is 0 Å². The number of hydrogen-bond donors (Lipinski definition) is 0. The van der Waals surface area contributed by atoms with E-state index in [1.54, 1.807) is 49.2 Å². The zero-order chi connectivity index (χ0) is 65.3. The summed E-state index contributed by atoms with van der Waals surface area (Å²) in [6.45, 7) is 31.6. The SMILES string of the molecule is COc1c(C)cc(C2C=CC=Cc3c2cc(C)[c-]3[SiH](C)[c-]2c(C)cc3c2C=CC=CC3c2cc(C)c(OC)c(C)c2)cc1C.COc1c(C)cc(C2C=CC=Cc3c2cc(C)[c-]3[SiH](C)[c-]2c(C)cc3c2C=CC=CC3c2cc(C)c(OC)c(C)c2)cc1C.[Cl][Zr][Cl]. The Bertz CT molecular complexity index is 3690. The van der Waals surface area contributed by atoms with Crippen molar-refractivity contribution in [2.75, 3.05) is 28.4 Å². The average Bonchev–Trinajstić information content (AvgIpc) is 1.63. The molecular formula is C82H88Cl2O4Si2Zr-4. The van der Waals surface area contributed by atoms with Gasteiger partial charge in [0.05, 0.1) is 28.4 Å². The van der Waals surface area contributed by atoms with Crippen LogP contribution < -0.4 is 39.7 Å². The number of halogens is 2. The quantitative estimate of drug-likeness (QED) is 0.0902. The van der Waals surface area contributed by atoms with E-state index in [-0.39, 0.29) is 23.7 Å². The molecule has 0 amide bonds. The second kappa shape index (κ2) is 28.7. The predicted octanol–water partition coefficient (Wildman–Crippen LogP) is 18.2. The van der Waals surface area contributed by atoms with E-state index in [0.29, 0.717) is 0 Å². The molecule has 0 fully saturated rings. The normalized spacial score (nSPS) is 17.2. The molecule has 0 saturated heterocycles. The average molecular weight is 1360 g/mol. The minimum atomic E-state index is -1.58. The van der Waals surface area contributed by atoms with Gasteiger partial charge in [-0.15, -0.1) is 91.6 Å². The number of rotatable bonds is 12. The third kappa shape index (κ3) is 13.1. The summed E-state index contributed by atoms with van der Waals surface area (Å²) in [4.78, 5) is 0. The Hall–Kier alpha value is -6.70. The molecule has 4 nitrogen and oxygen atoms in total. The molecule has 0 N–H and O–H groups in total. The van der Waals surface area contributed by atoms with Crippen molar-refractivity contribution in [3.63, 3.8) is 0 Å². The summed E-state index contributed by atoms with van der Waals surface area (Å²) in [6.07, 6.45) is 36.7. The molecule has 8 aromatic carbocycles. The van der Waals surface area contributed by atoms with Crippen molar-refractivity contribution in [2.45, 2.75) is 120 Å². The van der Waals surface area contributed by atoms with E-state index in [1.165, 1.54) is 134 Å². The number of aryl methyl sites for hydroxylation is 12. The number of fused-ring (bicyclic) bond motifs is 4. The van der Waals surface area contributed by atoms with E-state index in [2.05, 4.69) is 266 Å². The summed E-state index contributed by atoms with van der Waals surface area (Å²) in [6, 6.07) is 28.3. The Labute approximate surface area is 565 Å². The summed E-state index contributed by atoms with van der Waals surface area (Å²) in [7, 11) is 13.8. The summed E-state index contributed by atoms with van der Waals surface area (Å²) in [5.41, 5.74) is 31.9. The number of methoxy groups -OCH3 is 4. The Kier molecular flexibility index (Phi) is 21.2. The van der Waals surface area contributed by atoms with Crippen LogP contribution >= 0.6 is 17.0 Å². The van der Waals surface area contributed by atoms with Gasteiger partial charge in [-0.3, -0.25) is 0 Å². The standard InChI is InChI=1S/2C41H44O2Si.2ClH.Zr/c2*1-24-18-30(19-25(2)38(24)42-7)32-14-10-12-16-34-36(32)22-28(5)40(34)44(9)41-29(6)23-37-33(15-11-13-17-35(37)41)31-20-26(3)39(43-8)27(4)21-31;;;/h2*10-23,32-33,44H,1-9H3;2*1H;/q2*-2;;;+2/p-2. The Morgan fingerprint density at radius 1 is 0.308 bits per heavy atom. The van der Waals surface area contributed by atoms with Gasteiger partial charge >= 0.3 is 37.9 Å². The van der Waals surface area contributed by atoms with Crippen molar-refractivity contribution in [3.05, 3.63) is 279 Å². The van der Waals surface area contributed by atoms with Crippen LogP contribution in [0.3, 0.4) is 0 Å². The molecule has 4 atom stereocenters. The van der Waals surface area contributed by atoms with Crippen molar-refractivity contribution in [1.82, 2.24) is 0 Å². The second-order valence-electron chi connectivity index (χ2n) is 25.6. The number of ether oxygens (including phenoxy) is 4. The van der Waals surface area contributed by atoms with E-state index in [1.807, 2.05) is 0 Å². The summed E-state index contributed by atoms with van der Waals surface area (Å²) < 4.78 is 22.8. The fourth-order valence-electron chi connectivity index (χ4n) is 16.2. The van der Waals surface area contributed by atoms with Gasteiger partial charge in [-0.05, 0) is 146 Å². The summed E-state index contributed by atoms with van der Waals surface area (Å²) >= 11 is -0.826. The topological polar surface area (TPSA) is 36.9 Å². The van der Waals surface area contributed by atoms with Gasteiger partial charge in [0.25, 0.3) is 0 Å². The van der Waals surface area contributed by atoms with E-state index in [4.69, 9.17) is 36.0 Å². The molecule has 0 heterocycles.